The summed E-state index contributed by atoms with van der Waals surface area (Å²) >= 11 is 0. The van der Waals surface area contributed by atoms with E-state index in [-0.39, 0.29) is 11.8 Å². The van der Waals surface area contributed by atoms with Crippen LogP contribution in [0.2, 0.25) is 0 Å². The second-order valence-electron chi connectivity index (χ2n) is 5.46. The van der Waals surface area contributed by atoms with Gasteiger partial charge in [-0.15, -0.1) is 0 Å². The smallest absolute Gasteiger partial charge is 0.257 e. The molecule has 1 aliphatic rings. The first-order valence-electron chi connectivity index (χ1n) is 7.51. The number of carbonyl (C=O) groups excluding carboxylic acids is 2. The molecule has 1 heterocycles. The summed E-state index contributed by atoms with van der Waals surface area (Å²) < 4.78 is 0. The predicted molar refractivity (Wildman–Crippen MR) is 89.1 cm³/mol. The molecule has 2 aromatic rings. The van der Waals surface area contributed by atoms with Crippen molar-refractivity contribution in [2.45, 2.75) is 12.8 Å². The molecule has 0 aliphatic heterocycles. The summed E-state index contributed by atoms with van der Waals surface area (Å²) in [5, 5.41) is 5.57. The third kappa shape index (κ3) is 4.51. The Hall–Kier alpha value is -2.95. The number of anilines is 2. The van der Waals surface area contributed by atoms with Crippen molar-refractivity contribution < 1.29 is 9.59 Å². The zero-order valence-electron chi connectivity index (χ0n) is 12.5. The molecule has 5 nitrogen and oxygen atoms in total. The maximum Gasteiger partial charge on any atom is 0.257 e. The summed E-state index contributed by atoms with van der Waals surface area (Å²) in [6.45, 7) is 0. The lowest BCUT2D eigenvalue weighted by Gasteiger charge is -2.07. The van der Waals surface area contributed by atoms with E-state index in [1.54, 1.807) is 48.7 Å². The lowest BCUT2D eigenvalue weighted by Crippen LogP contribution is -2.12. The van der Waals surface area contributed by atoms with E-state index in [9.17, 15) is 9.59 Å². The van der Waals surface area contributed by atoms with Crippen molar-refractivity contribution in [3.63, 3.8) is 0 Å². The lowest BCUT2D eigenvalue weighted by molar-refractivity contribution is -0.111. The molecule has 0 spiro atoms. The summed E-state index contributed by atoms with van der Waals surface area (Å²) in [5.41, 5.74) is 1.84. The van der Waals surface area contributed by atoms with Gasteiger partial charge in [0.1, 0.15) is 0 Å². The van der Waals surface area contributed by atoms with Gasteiger partial charge in [-0.25, -0.2) is 0 Å². The predicted octanol–water partition coefficient (Wildman–Crippen LogP) is 3.24. The second-order valence-corrected chi connectivity index (χ2v) is 5.46. The molecular weight excluding hydrogens is 290 g/mol. The second kappa shape index (κ2) is 6.87. The Kier molecular flexibility index (Phi) is 4.47. The Morgan fingerprint density at radius 2 is 1.74 bits per heavy atom. The van der Waals surface area contributed by atoms with Crippen molar-refractivity contribution in [2.75, 3.05) is 10.6 Å². The third-order valence-electron chi connectivity index (χ3n) is 3.48. The molecule has 0 saturated heterocycles. The van der Waals surface area contributed by atoms with Crippen LogP contribution in [0.1, 0.15) is 23.2 Å². The van der Waals surface area contributed by atoms with Gasteiger partial charge in [-0.3, -0.25) is 14.6 Å². The van der Waals surface area contributed by atoms with E-state index in [2.05, 4.69) is 15.6 Å². The van der Waals surface area contributed by atoms with Crippen LogP contribution >= 0.6 is 0 Å². The summed E-state index contributed by atoms with van der Waals surface area (Å²) in [7, 11) is 0. The average molecular weight is 307 g/mol. The number of amides is 2. The fourth-order valence-electron chi connectivity index (χ4n) is 2.03. The number of hydrogen-bond acceptors (Lipinski definition) is 3. The number of rotatable bonds is 5. The van der Waals surface area contributed by atoms with E-state index < -0.39 is 0 Å². The fourth-order valence-corrected chi connectivity index (χ4v) is 2.03. The zero-order valence-corrected chi connectivity index (χ0v) is 12.5. The summed E-state index contributed by atoms with van der Waals surface area (Å²) in [4.78, 5) is 27.6. The van der Waals surface area contributed by atoms with Crippen LogP contribution in [0.4, 0.5) is 11.4 Å². The van der Waals surface area contributed by atoms with Crippen LogP contribution < -0.4 is 10.6 Å². The third-order valence-corrected chi connectivity index (χ3v) is 3.48. The monoisotopic (exact) mass is 307 g/mol. The van der Waals surface area contributed by atoms with Crippen LogP contribution in [-0.4, -0.2) is 16.8 Å². The number of nitrogens with zero attached hydrogens (tertiary/aromatic N) is 1. The molecule has 2 amide bonds. The van der Waals surface area contributed by atoms with Gasteiger partial charge in [0.2, 0.25) is 5.91 Å². The van der Waals surface area contributed by atoms with Gasteiger partial charge in [0.15, 0.2) is 0 Å². The number of hydrogen-bond donors (Lipinski definition) is 2. The van der Waals surface area contributed by atoms with Crippen LogP contribution in [0.25, 0.3) is 0 Å². The van der Waals surface area contributed by atoms with E-state index in [1.807, 2.05) is 6.08 Å². The van der Waals surface area contributed by atoms with Crippen LogP contribution in [0.5, 0.6) is 0 Å². The average Bonchev–Trinajstić information content (AvgIpc) is 3.40. The molecule has 1 aromatic heterocycles. The van der Waals surface area contributed by atoms with Gasteiger partial charge >= 0.3 is 0 Å². The van der Waals surface area contributed by atoms with Gasteiger partial charge in [-0.2, -0.15) is 0 Å². The molecule has 1 saturated carbocycles. The first-order chi connectivity index (χ1) is 11.2. The largest absolute Gasteiger partial charge is 0.323 e. The van der Waals surface area contributed by atoms with Gasteiger partial charge in [-0.05, 0) is 61.2 Å². The molecule has 0 bridgehead atoms. The maximum absolute atomic E-state index is 12.0. The van der Waals surface area contributed by atoms with Crippen LogP contribution in [0.3, 0.4) is 0 Å². The quantitative estimate of drug-likeness (QED) is 0.833. The number of aromatic nitrogens is 1. The minimum atomic E-state index is -0.220. The standard InChI is InChI=1S/C18H17N3O2/c22-17(10-5-13-3-4-13)20-15-6-8-16(9-7-15)21-18(23)14-2-1-11-19-12-14/h1-2,5-13H,3-4H2,(H,20,22)(H,21,23)/b10-5+. The van der Waals surface area contributed by atoms with Crippen LogP contribution in [-0.2, 0) is 4.79 Å². The Labute approximate surface area is 134 Å². The van der Waals surface area contributed by atoms with Crippen molar-refractivity contribution in [1.29, 1.82) is 0 Å². The molecule has 1 aliphatic carbocycles. The molecule has 1 fully saturated rings. The summed E-state index contributed by atoms with van der Waals surface area (Å²) in [5.74, 6) is 0.220. The molecule has 23 heavy (non-hydrogen) atoms. The summed E-state index contributed by atoms with van der Waals surface area (Å²) in [6, 6.07) is 10.4. The van der Waals surface area contributed by atoms with E-state index in [4.69, 9.17) is 0 Å². The molecule has 116 valence electrons. The van der Waals surface area contributed by atoms with E-state index in [0.717, 1.165) is 0 Å². The molecule has 0 unspecified atom stereocenters. The van der Waals surface area contributed by atoms with Gasteiger partial charge in [0, 0.05) is 23.8 Å². The SMILES string of the molecule is O=C(/C=C/C1CC1)Nc1ccc(NC(=O)c2cccnc2)cc1. The van der Waals surface area contributed by atoms with Crippen molar-refractivity contribution >= 4 is 23.2 Å². The molecule has 0 radical (unpaired) electrons. The number of pyridine rings is 1. The van der Waals surface area contributed by atoms with Crippen molar-refractivity contribution in [3.05, 3.63) is 66.5 Å². The van der Waals surface area contributed by atoms with Crippen LogP contribution in [0, 0.1) is 5.92 Å². The molecule has 5 heteroatoms. The zero-order chi connectivity index (χ0) is 16.1. The maximum atomic E-state index is 12.0. The molecule has 1 aromatic carbocycles. The number of nitrogens with one attached hydrogen (secondary N) is 2. The Morgan fingerprint density at radius 1 is 1.04 bits per heavy atom. The minimum absolute atomic E-state index is 0.135. The molecule has 3 rings (SSSR count). The highest BCUT2D eigenvalue weighted by Gasteiger charge is 2.17. The van der Waals surface area contributed by atoms with E-state index in [0.29, 0.717) is 22.9 Å². The van der Waals surface area contributed by atoms with Crippen molar-refractivity contribution in [1.82, 2.24) is 4.98 Å². The Morgan fingerprint density at radius 3 is 2.35 bits per heavy atom. The highest BCUT2D eigenvalue weighted by atomic mass is 16.2. The Bertz CT molecular complexity index is 720. The highest BCUT2D eigenvalue weighted by molar-refractivity contribution is 6.04. The molecular formula is C18H17N3O2. The molecule has 2 N–H and O–H groups in total. The highest BCUT2D eigenvalue weighted by Crippen LogP contribution is 2.29. The van der Waals surface area contributed by atoms with Crippen LogP contribution in [0.15, 0.2) is 60.9 Å². The lowest BCUT2D eigenvalue weighted by atomic mass is 10.2. The Balaban J connectivity index is 1.56. The molecule has 0 atom stereocenters. The van der Waals surface area contributed by atoms with Gasteiger partial charge < -0.3 is 10.6 Å². The fraction of sp³-hybridized carbons (Fsp3) is 0.167. The number of carbonyl (C=O) groups is 2. The normalized spacial score (nSPS) is 13.7. The van der Waals surface area contributed by atoms with E-state index in [1.165, 1.54) is 19.0 Å². The van der Waals surface area contributed by atoms with Gasteiger partial charge in [-0.1, -0.05) is 6.08 Å². The topological polar surface area (TPSA) is 71.1 Å². The van der Waals surface area contributed by atoms with Crippen molar-refractivity contribution in [2.24, 2.45) is 5.92 Å². The number of benzene rings is 1. The number of allylic oxidation sites excluding steroid dienone is 1. The van der Waals surface area contributed by atoms with E-state index >= 15 is 0 Å². The first-order valence-corrected chi connectivity index (χ1v) is 7.51. The van der Waals surface area contributed by atoms with Crippen molar-refractivity contribution in [3.8, 4) is 0 Å². The minimum Gasteiger partial charge on any atom is -0.323 e. The van der Waals surface area contributed by atoms with Gasteiger partial charge in [0.05, 0.1) is 5.56 Å². The van der Waals surface area contributed by atoms with Gasteiger partial charge in [0.25, 0.3) is 5.91 Å². The summed E-state index contributed by atoms with van der Waals surface area (Å²) in [6.07, 6.45) is 9.00. The first kappa shape index (κ1) is 15.0.